The van der Waals surface area contributed by atoms with Crippen LogP contribution in [0.1, 0.15) is 57.1 Å². The number of aliphatic hydroxyl groups is 1. The van der Waals surface area contributed by atoms with E-state index in [-0.39, 0.29) is 12.2 Å². The zero-order valence-corrected chi connectivity index (χ0v) is 22.1. The van der Waals surface area contributed by atoms with Crippen molar-refractivity contribution in [2.45, 2.75) is 76.4 Å². The second kappa shape index (κ2) is 12.0. The largest absolute Gasteiger partial charge is 0.433 e. The zero-order chi connectivity index (χ0) is 24.2. The summed E-state index contributed by atoms with van der Waals surface area (Å²) in [6.07, 6.45) is 8.51. The molecule has 4 unspecified atom stereocenters. The highest BCUT2D eigenvalue weighted by atomic mass is 35.5. The number of halogens is 1. The van der Waals surface area contributed by atoms with Gasteiger partial charge in [0.25, 0.3) is 6.41 Å². The fourth-order valence-electron chi connectivity index (χ4n) is 5.67. The zero-order valence-electron chi connectivity index (χ0n) is 20.5. The fourth-order valence-corrected chi connectivity index (χ4v) is 6.99. The van der Waals surface area contributed by atoms with Gasteiger partial charge in [0.05, 0.1) is 24.3 Å². The summed E-state index contributed by atoms with van der Waals surface area (Å²) in [6, 6.07) is 3.56. The summed E-state index contributed by atoms with van der Waals surface area (Å²) in [4.78, 5) is 6.23. The average molecular weight is 524 g/mol. The van der Waals surface area contributed by atoms with E-state index in [9.17, 15) is 5.11 Å². The van der Waals surface area contributed by atoms with Gasteiger partial charge in [0, 0.05) is 18.8 Å². The first-order valence-corrected chi connectivity index (χ1v) is 14.5. The molecule has 4 aliphatic rings. The summed E-state index contributed by atoms with van der Waals surface area (Å²) in [5.41, 5.74) is 1.87. The summed E-state index contributed by atoms with van der Waals surface area (Å²) in [5, 5.41) is 17.2. The molecule has 2 saturated heterocycles. The summed E-state index contributed by atoms with van der Waals surface area (Å²) in [5.74, 6) is 2.04. The topological polar surface area (TPSA) is 76.1 Å². The van der Waals surface area contributed by atoms with E-state index >= 15 is 0 Å². The number of aromatic nitrogens is 1. The Labute approximate surface area is 217 Å². The van der Waals surface area contributed by atoms with Gasteiger partial charge in [0.2, 0.25) is 5.88 Å². The molecule has 9 heteroatoms. The first-order chi connectivity index (χ1) is 17.1. The molecule has 5 rings (SSSR count). The normalized spacial score (nSPS) is 31.9. The standard InChI is InChI=1S/C26H38ClN3O4S/c1-17-8-9-21(27)23(28-17)34-26(31)30-12-10-18(11-13-30)24-29-22(16-35-24)25-32-14-19-6-4-2-3-5-7-20(19)15-33-25/h8-9,16,18-20,24-26,29,31H,2-7,10-15H2,1H3. The SMILES string of the molecule is Cc1ccc(Cl)c(OC(O)N2CCC(C3NC(C4OCC5CCCCCCC5CO4)=CS3)CC2)n1. The predicted molar refractivity (Wildman–Crippen MR) is 138 cm³/mol. The second-order valence-electron chi connectivity index (χ2n) is 10.3. The molecular weight excluding hydrogens is 486 g/mol. The maximum absolute atomic E-state index is 10.6. The maximum Gasteiger partial charge on any atom is 0.261 e. The summed E-state index contributed by atoms with van der Waals surface area (Å²) in [6.45, 7) is 4.99. The number of piperidine rings is 1. The van der Waals surface area contributed by atoms with Crippen molar-refractivity contribution in [2.24, 2.45) is 17.8 Å². The van der Waals surface area contributed by atoms with E-state index in [0.29, 0.717) is 28.2 Å². The fraction of sp³-hybridized carbons (Fsp3) is 0.731. The molecule has 2 N–H and O–H groups in total. The van der Waals surface area contributed by atoms with Gasteiger partial charge in [0.1, 0.15) is 5.02 Å². The van der Waals surface area contributed by atoms with E-state index in [1.54, 1.807) is 6.07 Å². The number of nitrogens with zero attached hydrogens (tertiary/aromatic N) is 2. The molecule has 1 aromatic rings. The van der Waals surface area contributed by atoms with Crippen LogP contribution in [0, 0.1) is 24.7 Å². The third kappa shape index (κ3) is 6.46. The summed E-state index contributed by atoms with van der Waals surface area (Å²) in [7, 11) is 0. The molecule has 1 aliphatic carbocycles. The molecule has 3 aliphatic heterocycles. The highest BCUT2D eigenvalue weighted by Crippen LogP contribution is 2.37. The molecule has 4 atom stereocenters. The lowest BCUT2D eigenvalue weighted by atomic mass is 9.83. The van der Waals surface area contributed by atoms with Crippen LogP contribution < -0.4 is 10.1 Å². The molecule has 0 bridgehead atoms. The lowest BCUT2D eigenvalue weighted by molar-refractivity contribution is -0.146. The van der Waals surface area contributed by atoms with Gasteiger partial charge in [-0.2, -0.15) is 0 Å². The predicted octanol–water partition coefficient (Wildman–Crippen LogP) is 4.87. The number of nitrogens with one attached hydrogen (secondary N) is 1. The van der Waals surface area contributed by atoms with Gasteiger partial charge in [-0.15, -0.1) is 11.8 Å². The molecule has 0 amide bonds. The van der Waals surface area contributed by atoms with Gasteiger partial charge in [-0.3, -0.25) is 0 Å². The van der Waals surface area contributed by atoms with Gasteiger partial charge in [0.15, 0.2) is 6.29 Å². The van der Waals surface area contributed by atoms with Crippen LogP contribution in [0.15, 0.2) is 23.2 Å². The number of likely N-dealkylation sites (tertiary alicyclic amines) is 1. The number of rotatable bonds is 5. The average Bonchev–Trinajstić information content (AvgIpc) is 3.26. The van der Waals surface area contributed by atoms with Crippen molar-refractivity contribution in [1.29, 1.82) is 0 Å². The van der Waals surface area contributed by atoms with Gasteiger partial charge >= 0.3 is 0 Å². The number of aryl methyl sites for hydroxylation is 1. The van der Waals surface area contributed by atoms with Crippen LogP contribution in [-0.2, 0) is 9.47 Å². The minimum atomic E-state index is -1.05. The number of hydrogen-bond donors (Lipinski definition) is 2. The van der Waals surface area contributed by atoms with E-state index < -0.39 is 6.41 Å². The smallest absolute Gasteiger partial charge is 0.261 e. The Morgan fingerprint density at radius 3 is 2.43 bits per heavy atom. The van der Waals surface area contributed by atoms with Gasteiger partial charge in [-0.1, -0.05) is 37.3 Å². The van der Waals surface area contributed by atoms with Gasteiger partial charge in [-0.05, 0) is 67.9 Å². The van der Waals surface area contributed by atoms with Crippen molar-refractivity contribution in [3.05, 3.63) is 34.0 Å². The van der Waals surface area contributed by atoms with Crippen molar-refractivity contribution in [3.8, 4) is 5.88 Å². The molecule has 0 aromatic carbocycles. The molecule has 0 radical (unpaired) electrons. The van der Waals surface area contributed by atoms with Crippen molar-refractivity contribution in [3.63, 3.8) is 0 Å². The van der Waals surface area contributed by atoms with E-state index in [2.05, 4.69) is 15.7 Å². The Hall–Kier alpha value is -1.03. The number of ether oxygens (including phenoxy) is 3. The highest BCUT2D eigenvalue weighted by Gasteiger charge is 2.36. The molecule has 0 spiro atoms. The Balaban J connectivity index is 1.08. The number of fused-ring (bicyclic) bond motifs is 1. The van der Waals surface area contributed by atoms with Crippen LogP contribution in [0.3, 0.4) is 0 Å². The van der Waals surface area contributed by atoms with Crippen molar-refractivity contribution in [2.75, 3.05) is 26.3 Å². The Bertz CT molecular complexity index is 864. The highest BCUT2D eigenvalue weighted by molar-refractivity contribution is 8.03. The van der Waals surface area contributed by atoms with Gasteiger partial charge < -0.3 is 24.6 Å². The minimum absolute atomic E-state index is 0.275. The van der Waals surface area contributed by atoms with Crippen molar-refractivity contribution < 1.29 is 19.3 Å². The molecule has 1 saturated carbocycles. The van der Waals surface area contributed by atoms with Crippen LogP contribution in [-0.4, -0.2) is 59.4 Å². The van der Waals surface area contributed by atoms with E-state index in [4.69, 9.17) is 25.8 Å². The molecular formula is C26H38ClN3O4S. The first-order valence-electron chi connectivity index (χ1n) is 13.1. The number of pyridine rings is 1. The third-order valence-electron chi connectivity index (χ3n) is 7.88. The van der Waals surface area contributed by atoms with Crippen molar-refractivity contribution >= 4 is 23.4 Å². The Kier molecular flexibility index (Phi) is 8.79. The Morgan fingerprint density at radius 2 is 1.74 bits per heavy atom. The quantitative estimate of drug-likeness (QED) is 0.529. The molecule has 35 heavy (non-hydrogen) atoms. The van der Waals surface area contributed by atoms with Crippen LogP contribution in [0.2, 0.25) is 5.02 Å². The second-order valence-corrected chi connectivity index (χ2v) is 11.8. The van der Waals surface area contributed by atoms with Gasteiger partial charge in [-0.25, -0.2) is 9.88 Å². The number of aliphatic hydroxyl groups excluding tert-OH is 1. The lowest BCUT2D eigenvalue weighted by Crippen LogP contribution is -2.47. The minimum Gasteiger partial charge on any atom is -0.433 e. The molecule has 1 aromatic heterocycles. The van der Waals surface area contributed by atoms with E-state index in [0.717, 1.165) is 50.5 Å². The molecule has 4 heterocycles. The van der Waals surface area contributed by atoms with E-state index in [1.807, 2.05) is 29.7 Å². The van der Waals surface area contributed by atoms with Crippen LogP contribution in [0.4, 0.5) is 0 Å². The molecule has 3 fully saturated rings. The summed E-state index contributed by atoms with van der Waals surface area (Å²) < 4.78 is 18.2. The monoisotopic (exact) mass is 523 g/mol. The summed E-state index contributed by atoms with van der Waals surface area (Å²) >= 11 is 8.00. The maximum atomic E-state index is 10.6. The molecule has 7 nitrogen and oxygen atoms in total. The molecule has 194 valence electrons. The Morgan fingerprint density at radius 1 is 1.06 bits per heavy atom. The number of thioether (sulfide) groups is 1. The lowest BCUT2D eigenvalue weighted by Gasteiger charge is -2.36. The van der Waals surface area contributed by atoms with Crippen LogP contribution in [0.5, 0.6) is 5.88 Å². The third-order valence-corrected chi connectivity index (χ3v) is 9.35. The first kappa shape index (κ1) is 25.6. The number of hydrogen-bond acceptors (Lipinski definition) is 8. The van der Waals surface area contributed by atoms with E-state index in [1.165, 1.54) is 38.5 Å². The van der Waals surface area contributed by atoms with Crippen molar-refractivity contribution in [1.82, 2.24) is 15.2 Å². The van der Waals surface area contributed by atoms with Crippen LogP contribution in [0.25, 0.3) is 0 Å². The van der Waals surface area contributed by atoms with Crippen LogP contribution >= 0.6 is 23.4 Å².